The van der Waals surface area contributed by atoms with E-state index < -0.39 is 0 Å². The van der Waals surface area contributed by atoms with E-state index in [1.165, 1.54) is 13.3 Å². The highest BCUT2D eigenvalue weighted by molar-refractivity contribution is 5.95. The number of anilines is 1. The Morgan fingerprint density at radius 3 is 2.77 bits per heavy atom. The predicted octanol–water partition coefficient (Wildman–Crippen LogP) is 2.05. The fourth-order valence-corrected chi connectivity index (χ4v) is 2.56. The highest BCUT2D eigenvalue weighted by Crippen LogP contribution is 2.13. The fraction of sp³-hybridized carbons (Fsp3) is 0.222. The number of aromatic nitrogens is 4. The molecule has 134 valence electrons. The van der Waals surface area contributed by atoms with Gasteiger partial charge in [-0.3, -0.25) is 20.3 Å². The van der Waals surface area contributed by atoms with Crippen LogP contribution in [0.25, 0.3) is 0 Å². The number of rotatable bonds is 7. The van der Waals surface area contributed by atoms with E-state index in [0.29, 0.717) is 24.4 Å². The molecular formula is C18H20N6O2. The minimum Gasteiger partial charge on any atom is -0.481 e. The molecule has 26 heavy (non-hydrogen) atoms. The number of ether oxygens (including phenoxy) is 1. The van der Waals surface area contributed by atoms with E-state index in [1.807, 2.05) is 41.9 Å². The lowest BCUT2D eigenvalue weighted by atomic mass is 10.2. The normalized spacial score (nSPS) is 10.4. The summed E-state index contributed by atoms with van der Waals surface area (Å²) in [4.78, 5) is 20.6. The zero-order chi connectivity index (χ0) is 18.4. The van der Waals surface area contributed by atoms with Crippen molar-refractivity contribution in [2.75, 3.05) is 12.5 Å². The summed E-state index contributed by atoms with van der Waals surface area (Å²) in [6, 6.07) is 11.6. The van der Waals surface area contributed by atoms with Gasteiger partial charge in [-0.05, 0) is 12.0 Å². The lowest BCUT2D eigenvalue weighted by Gasteiger charge is -2.09. The molecule has 0 unspecified atom stereocenters. The van der Waals surface area contributed by atoms with Gasteiger partial charge in [-0.25, -0.2) is 4.98 Å². The Morgan fingerprint density at radius 1 is 1.23 bits per heavy atom. The Labute approximate surface area is 151 Å². The molecular weight excluding hydrogens is 332 g/mol. The maximum absolute atomic E-state index is 12.5. The van der Waals surface area contributed by atoms with Crippen molar-refractivity contribution in [3.63, 3.8) is 0 Å². The monoisotopic (exact) mass is 352 g/mol. The van der Waals surface area contributed by atoms with Gasteiger partial charge in [0.25, 0.3) is 5.91 Å². The van der Waals surface area contributed by atoms with Gasteiger partial charge in [0.2, 0.25) is 11.8 Å². The SMILES string of the molecule is CCc1c(C(=O)NNc2nccc(OC)n2)cnn1Cc1ccccc1. The summed E-state index contributed by atoms with van der Waals surface area (Å²) < 4.78 is 6.87. The molecule has 0 bridgehead atoms. The third-order valence-corrected chi connectivity index (χ3v) is 3.83. The molecule has 0 aliphatic rings. The maximum atomic E-state index is 12.5. The average Bonchev–Trinajstić information content (AvgIpc) is 3.09. The van der Waals surface area contributed by atoms with Crippen molar-refractivity contribution in [3.8, 4) is 5.88 Å². The van der Waals surface area contributed by atoms with Crippen molar-refractivity contribution in [1.82, 2.24) is 25.2 Å². The van der Waals surface area contributed by atoms with Crippen molar-refractivity contribution >= 4 is 11.9 Å². The zero-order valence-electron chi connectivity index (χ0n) is 14.6. The summed E-state index contributed by atoms with van der Waals surface area (Å²) in [7, 11) is 1.51. The third-order valence-electron chi connectivity index (χ3n) is 3.83. The van der Waals surface area contributed by atoms with Crippen LogP contribution >= 0.6 is 0 Å². The van der Waals surface area contributed by atoms with E-state index in [-0.39, 0.29) is 11.9 Å². The molecule has 0 saturated heterocycles. The van der Waals surface area contributed by atoms with Gasteiger partial charge >= 0.3 is 0 Å². The van der Waals surface area contributed by atoms with Gasteiger partial charge in [0.1, 0.15) is 0 Å². The summed E-state index contributed by atoms with van der Waals surface area (Å²) >= 11 is 0. The number of nitrogens with one attached hydrogen (secondary N) is 2. The van der Waals surface area contributed by atoms with E-state index in [9.17, 15) is 4.79 Å². The summed E-state index contributed by atoms with van der Waals surface area (Å²) in [6.07, 6.45) is 3.80. The van der Waals surface area contributed by atoms with Gasteiger partial charge in [0.15, 0.2) is 0 Å². The average molecular weight is 352 g/mol. The van der Waals surface area contributed by atoms with E-state index in [0.717, 1.165) is 11.3 Å². The van der Waals surface area contributed by atoms with E-state index >= 15 is 0 Å². The first-order chi connectivity index (χ1) is 12.7. The van der Waals surface area contributed by atoms with E-state index in [4.69, 9.17) is 4.74 Å². The molecule has 0 atom stereocenters. The first-order valence-corrected chi connectivity index (χ1v) is 8.23. The maximum Gasteiger partial charge on any atom is 0.273 e. The number of methoxy groups -OCH3 is 1. The Hall–Kier alpha value is -3.42. The third kappa shape index (κ3) is 3.97. The number of benzene rings is 1. The van der Waals surface area contributed by atoms with Crippen LogP contribution in [0.2, 0.25) is 0 Å². The molecule has 0 saturated carbocycles. The Kier molecular flexibility index (Phi) is 5.43. The number of carbonyl (C=O) groups excluding carboxylic acids is 1. The lowest BCUT2D eigenvalue weighted by Crippen LogP contribution is -2.31. The molecule has 2 N–H and O–H groups in total. The van der Waals surface area contributed by atoms with Crippen LogP contribution in [-0.2, 0) is 13.0 Å². The molecule has 0 aliphatic heterocycles. The molecule has 1 amide bonds. The summed E-state index contributed by atoms with van der Waals surface area (Å²) in [5, 5.41) is 4.36. The Morgan fingerprint density at radius 2 is 2.04 bits per heavy atom. The van der Waals surface area contributed by atoms with Crippen molar-refractivity contribution < 1.29 is 9.53 Å². The molecule has 0 fully saturated rings. The lowest BCUT2D eigenvalue weighted by molar-refractivity contribution is 0.0961. The number of amides is 1. The van der Waals surface area contributed by atoms with Gasteiger partial charge in [-0.15, -0.1) is 0 Å². The molecule has 8 heteroatoms. The molecule has 8 nitrogen and oxygen atoms in total. The van der Waals surface area contributed by atoms with Crippen LogP contribution in [0.3, 0.4) is 0 Å². The number of nitrogens with zero attached hydrogens (tertiary/aromatic N) is 4. The Bertz CT molecular complexity index is 878. The number of hydrogen-bond donors (Lipinski definition) is 2. The molecule has 0 aliphatic carbocycles. The standard InChI is InChI=1S/C18H20N6O2/c1-3-15-14(11-20-24(15)12-13-7-5-4-6-8-13)17(25)22-23-18-19-10-9-16(21-18)26-2/h4-11H,3,12H2,1-2H3,(H,22,25)(H,19,21,23). The molecule has 2 heterocycles. The summed E-state index contributed by atoms with van der Waals surface area (Å²) in [5.74, 6) is 0.349. The van der Waals surface area contributed by atoms with Crippen LogP contribution < -0.4 is 15.6 Å². The van der Waals surface area contributed by atoms with E-state index in [2.05, 4.69) is 25.9 Å². The smallest absolute Gasteiger partial charge is 0.273 e. The second-order valence-electron chi connectivity index (χ2n) is 5.50. The zero-order valence-corrected chi connectivity index (χ0v) is 14.6. The van der Waals surface area contributed by atoms with Gasteiger partial charge in [-0.2, -0.15) is 10.1 Å². The van der Waals surface area contributed by atoms with Gasteiger partial charge in [-0.1, -0.05) is 37.3 Å². The molecule has 2 aromatic heterocycles. The van der Waals surface area contributed by atoms with Crippen LogP contribution in [0, 0.1) is 0 Å². The summed E-state index contributed by atoms with van der Waals surface area (Å²) in [5.41, 5.74) is 7.78. The molecule has 3 aromatic rings. The highest BCUT2D eigenvalue weighted by Gasteiger charge is 2.16. The highest BCUT2D eigenvalue weighted by atomic mass is 16.5. The minimum absolute atomic E-state index is 0.243. The van der Waals surface area contributed by atoms with Gasteiger partial charge in [0.05, 0.1) is 31.1 Å². The minimum atomic E-state index is -0.299. The van der Waals surface area contributed by atoms with Crippen LogP contribution in [-0.4, -0.2) is 32.8 Å². The summed E-state index contributed by atoms with van der Waals surface area (Å²) in [6.45, 7) is 2.61. The Balaban J connectivity index is 1.71. The number of hydrogen-bond acceptors (Lipinski definition) is 6. The van der Waals surface area contributed by atoms with Crippen molar-refractivity contribution in [1.29, 1.82) is 0 Å². The van der Waals surface area contributed by atoms with Crippen LogP contribution in [0.5, 0.6) is 5.88 Å². The largest absolute Gasteiger partial charge is 0.481 e. The number of hydrazine groups is 1. The second-order valence-corrected chi connectivity index (χ2v) is 5.50. The van der Waals surface area contributed by atoms with Gasteiger partial charge < -0.3 is 4.74 Å². The van der Waals surface area contributed by atoms with E-state index in [1.54, 1.807) is 12.3 Å². The molecule has 0 radical (unpaired) electrons. The molecule has 0 spiro atoms. The van der Waals surface area contributed by atoms with Crippen molar-refractivity contribution in [3.05, 3.63) is 65.6 Å². The molecule has 1 aromatic carbocycles. The van der Waals surface area contributed by atoms with Crippen LogP contribution in [0.1, 0.15) is 28.5 Å². The first-order valence-electron chi connectivity index (χ1n) is 8.23. The topological polar surface area (TPSA) is 94.0 Å². The fourth-order valence-electron chi connectivity index (χ4n) is 2.56. The van der Waals surface area contributed by atoms with Crippen molar-refractivity contribution in [2.24, 2.45) is 0 Å². The predicted molar refractivity (Wildman–Crippen MR) is 96.8 cm³/mol. The van der Waals surface area contributed by atoms with Crippen LogP contribution in [0.4, 0.5) is 5.95 Å². The molecule has 3 rings (SSSR count). The van der Waals surface area contributed by atoms with Crippen molar-refractivity contribution in [2.45, 2.75) is 19.9 Å². The van der Waals surface area contributed by atoms with Gasteiger partial charge in [0, 0.05) is 12.3 Å². The van der Waals surface area contributed by atoms with Crippen LogP contribution in [0.15, 0.2) is 48.8 Å². The number of carbonyl (C=O) groups is 1. The quantitative estimate of drug-likeness (QED) is 0.632. The first kappa shape index (κ1) is 17.4. The second kappa shape index (κ2) is 8.11.